The van der Waals surface area contributed by atoms with Crippen molar-refractivity contribution in [1.82, 2.24) is 4.98 Å². The molecule has 0 atom stereocenters. The molecule has 108 valence electrons. The number of aliphatic carboxylic acids is 1. The van der Waals surface area contributed by atoms with Gasteiger partial charge in [-0.2, -0.15) is 0 Å². The van der Waals surface area contributed by atoms with Crippen molar-refractivity contribution < 1.29 is 19.4 Å². The van der Waals surface area contributed by atoms with Crippen LogP contribution in [-0.2, 0) is 4.79 Å². The van der Waals surface area contributed by atoms with E-state index < -0.39 is 12.6 Å². The summed E-state index contributed by atoms with van der Waals surface area (Å²) in [4.78, 5) is 26.6. The predicted molar refractivity (Wildman–Crippen MR) is 79.5 cm³/mol. The maximum atomic E-state index is 12.1. The van der Waals surface area contributed by atoms with Gasteiger partial charge in [0.1, 0.15) is 10.4 Å². The lowest BCUT2D eigenvalue weighted by molar-refractivity contribution is -0.139. The molecular formula is C14H11BrN2O4. The van der Waals surface area contributed by atoms with Crippen LogP contribution in [0.25, 0.3) is 0 Å². The van der Waals surface area contributed by atoms with Gasteiger partial charge in [-0.3, -0.25) is 4.79 Å². The van der Waals surface area contributed by atoms with Crippen LogP contribution in [0.4, 0.5) is 5.69 Å². The molecule has 2 aromatic rings. The molecule has 0 spiro atoms. The minimum Gasteiger partial charge on any atom is -0.480 e. The number of ether oxygens (including phenoxy) is 1. The van der Waals surface area contributed by atoms with Crippen LogP contribution < -0.4 is 10.1 Å². The smallest absolute Gasteiger partial charge is 0.341 e. The summed E-state index contributed by atoms with van der Waals surface area (Å²) in [5.74, 6) is -1.16. The molecule has 2 rings (SSSR count). The number of carboxylic acids is 1. The first-order valence-corrected chi connectivity index (χ1v) is 6.72. The van der Waals surface area contributed by atoms with E-state index >= 15 is 0 Å². The Kier molecular flexibility index (Phi) is 4.89. The molecule has 1 aromatic carbocycles. The molecule has 1 heterocycles. The van der Waals surface area contributed by atoms with Crippen LogP contribution >= 0.6 is 15.9 Å². The summed E-state index contributed by atoms with van der Waals surface area (Å²) in [6, 6.07) is 9.88. The number of carboxylic acid groups (broad SMARTS) is 1. The van der Waals surface area contributed by atoms with Crippen LogP contribution in [-0.4, -0.2) is 28.6 Å². The largest absolute Gasteiger partial charge is 0.480 e. The summed E-state index contributed by atoms with van der Waals surface area (Å²) in [6.45, 7) is -0.479. The molecule has 0 aliphatic rings. The van der Waals surface area contributed by atoms with E-state index in [2.05, 4.69) is 26.2 Å². The topological polar surface area (TPSA) is 88.5 Å². The monoisotopic (exact) mass is 350 g/mol. The minimum absolute atomic E-state index is 0.290. The third-order valence-electron chi connectivity index (χ3n) is 2.48. The molecule has 1 amide bonds. The van der Waals surface area contributed by atoms with Crippen molar-refractivity contribution >= 4 is 33.5 Å². The number of pyridine rings is 1. The molecule has 0 bridgehead atoms. The van der Waals surface area contributed by atoms with Crippen LogP contribution in [0.5, 0.6) is 5.75 Å². The van der Waals surface area contributed by atoms with E-state index in [0.717, 1.165) is 0 Å². The number of nitrogens with zero attached hydrogens (tertiary/aromatic N) is 1. The van der Waals surface area contributed by atoms with Crippen LogP contribution in [0.3, 0.4) is 0 Å². The van der Waals surface area contributed by atoms with Crippen LogP contribution in [0.1, 0.15) is 10.4 Å². The first-order chi connectivity index (χ1) is 10.1. The third kappa shape index (κ3) is 4.28. The van der Waals surface area contributed by atoms with E-state index in [4.69, 9.17) is 9.84 Å². The van der Waals surface area contributed by atoms with Crippen molar-refractivity contribution in [2.75, 3.05) is 11.9 Å². The number of carbonyl (C=O) groups is 2. The quantitative estimate of drug-likeness (QED) is 0.809. The Morgan fingerprint density at radius 1 is 1.24 bits per heavy atom. The number of carbonyl (C=O) groups excluding carboxylic acids is 1. The molecule has 2 N–H and O–H groups in total. The summed E-state index contributed by atoms with van der Waals surface area (Å²) in [6.07, 6.45) is 1.43. The van der Waals surface area contributed by atoms with Gasteiger partial charge in [0.15, 0.2) is 6.61 Å². The van der Waals surface area contributed by atoms with E-state index in [1.165, 1.54) is 6.20 Å². The van der Waals surface area contributed by atoms with Crippen molar-refractivity contribution in [2.24, 2.45) is 0 Å². The van der Waals surface area contributed by atoms with Gasteiger partial charge in [0.05, 0.1) is 11.3 Å². The lowest BCUT2D eigenvalue weighted by atomic mass is 10.2. The van der Waals surface area contributed by atoms with Gasteiger partial charge in [-0.25, -0.2) is 9.78 Å². The molecule has 0 aliphatic heterocycles. The highest BCUT2D eigenvalue weighted by molar-refractivity contribution is 9.10. The van der Waals surface area contributed by atoms with Gasteiger partial charge in [-0.15, -0.1) is 0 Å². The van der Waals surface area contributed by atoms with Crippen molar-refractivity contribution in [1.29, 1.82) is 0 Å². The fourth-order valence-corrected chi connectivity index (χ4v) is 1.77. The Bertz CT molecular complexity index is 658. The standard InChI is InChI=1S/C14H11BrN2O4/c15-12-6-5-9(7-16-12)14(20)17-10-3-1-2-4-11(10)21-8-13(18)19/h1-7H,8H2,(H,17,20)(H,18,19). The second kappa shape index (κ2) is 6.85. The lowest BCUT2D eigenvalue weighted by Crippen LogP contribution is -2.15. The van der Waals surface area contributed by atoms with Gasteiger partial charge in [-0.1, -0.05) is 12.1 Å². The Balaban J connectivity index is 2.13. The van der Waals surface area contributed by atoms with Gasteiger partial charge in [-0.05, 0) is 40.2 Å². The molecule has 0 radical (unpaired) electrons. The fourth-order valence-electron chi connectivity index (χ4n) is 1.54. The van der Waals surface area contributed by atoms with Crippen molar-refractivity contribution in [3.05, 3.63) is 52.8 Å². The van der Waals surface area contributed by atoms with E-state index in [1.54, 1.807) is 36.4 Å². The molecule has 0 aliphatic carbocycles. The van der Waals surface area contributed by atoms with Crippen molar-refractivity contribution in [3.63, 3.8) is 0 Å². The van der Waals surface area contributed by atoms with Gasteiger partial charge >= 0.3 is 5.97 Å². The zero-order valence-electron chi connectivity index (χ0n) is 10.7. The molecule has 21 heavy (non-hydrogen) atoms. The van der Waals surface area contributed by atoms with Crippen LogP contribution in [0.2, 0.25) is 0 Å². The average molecular weight is 351 g/mol. The number of aromatic nitrogens is 1. The summed E-state index contributed by atoms with van der Waals surface area (Å²) in [5.41, 5.74) is 0.776. The number of amides is 1. The minimum atomic E-state index is -1.09. The van der Waals surface area contributed by atoms with Gasteiger partial charge in [0.2, 0.25) is 0 Å². The second-order valence-corrected chi connectivity index (χ2v) is 4.81. The number of anilines is 1. The Hall–Kier alpha value is -2.41. The van der Waals surface area contributed by atoms with Gasteiger partial charge in [0, 0.05) is 6.20 Å². The van der Waals surface area contributed by atoms with Crippen LogP contribution in [0, 0.1) is 0 Å². The fraction of sp³-hybridized carbons (Fsp3) is 0.0714. The molecule has 1 aromatic heterocycles. The normalized spacial score (nSPS) is 9.95. The maximum absolute atomic E-state index is 12.1. The summed E-state index contributed by atoms with van der Waals surface area (Å²) in [5, 5.41) is 11.3. The Labute approximate surface area is 128 Å². The highest BCUT2D eigenvalue weighted by Crippen LogP contribution is 2.24. The van der Waals surface area contributed by atoms with E-state index in [0.29, 0.717) is 21.6 Å². The number of para-hydroxylation sites is 2. The summed E-state index contributed by atoms with van der Waals surface area (Å²) in [7, 11) is 0. The number of rotatable bonds is 5. The maximum Gasteiger partial charge on any atom is 0.341 e. The third-order valence-corrected chi connectivity index (χ3v) is 2.95. The van der Waals surface area contributed by atoms with Gasteiger partial charge in [0.25, 0.3) is 5.91 Å². The zero-order valence-corrected chi connectivity index (χ0v) is 12.3. The zero-order chi connectivity index (χ0) is 15.2. The number of hydrogen-bond acceptors (Lipinski definition) is 4. The van der Waals surface area contributed by atoms with E-state index in [1.807, 2.05) is 0 Å². The number of nitrogens with one attached hydrogen (secondary N) is 1. The Morgan fingerprint density at radius 2 is 2.00 bits per heavy atom. The van der Waals surface area contributed by atoms with Crippen molar-refractivity contribution in [3.8, 4) is 5.75 Å². The summed E-state index contributed by atoms with van der Waals surface area (Å²) >= 11 is 3.19. The number of hydrogen-bond donors (Lipinski definition) is 2. The van der Waals surface area contributed by atoms with E-state index in [9.17, 15) is 9.59 Å². The second-order valence-electron chi connectivity index (χ2n) is 4.00. The van der Waals surface area contributed by atoms with Crippen molar-refractivity contribution in [2.45, 2.75) is 0 Å². The first-order valence-electron chi connectivity index (χ1n) is 5.93. The molecule has 7 heteroatoms. The van der Waals surface area contributed by atoms with Crippen LogP contribution in [0.15, 0.2) is 47.2 Å². The lowest BCUT2D eigenvalue weighted by Gasteiger charge is -2.11. The highest BCUT2D eigenvalue weighted by atomic mass is 79.9. The molecule has 0 unspecified atom stereocenters. The predicted octanol–water partition coefficient (Wildman–Crippen LogP) is 2.56. The molecule has 6 nitrogen and oxygen atoms in total. The van der Waals surface area contributed by atoms with E-state index in [-0.39, 0.29) is 5.91 Å². The molecular weight excluding hydrogens is 340 g/mol. The average Bonchev–Trinajstić information content (AvgIpc) is 2.47. The number of halogens is 1. The highest BCUT2D eigenvalue weighted by Gasteiger charge is 2.11. The summed E-state index contributed by atoms with van der Waals surface area (Å²) < 4.78 is 5.75. The Morgan fingerprint density at radius 3 is 2.67 bits per heavy atom. The first kappa shape index (κ1) is 15.0. The molecule has 0 saturated carbocycles. The molecule has 0 saturated heterocycles. The SMILES string of the molecule is O=C(O)COc1ccccc1NC(=O)c1ccc(Br)nc1. The molecule has 0 fully saturated rings. The number of benzene rings is 1. The van der Waals surface area contributed by atoms with Gasteiger partial charge < -0.3 is 15.2 Å².